The minimum absolute atomic E-state index is 0.0799. The molecule has 3 heterocycles. The van der Waals surface area contributed by atoms with E-state index in [0.29, 0.717) is 22.3 Å². The third kappa shape index (κ3) is 4.53. The highest BCUT2D eigenvalue weighted by atomic mass is 35.5. The topological polar surface area (TPSA) is 77.1 Å². The van der Waals surface area contributed by atoms with E-state index in [-0.39, 0.29) is 33.8 Å². The number of hydrogen-bond acceptors (Lipinski definition) is 4. The van der Waals surface area contributed by atoms with Crippen LogP contribution in [-0.4, -0.2) is 30.3 Å². The van der Waals surface area contributed by atoms with Gasteiger partial charge in [-0.3, -0.25) is 9.48 Å². The Morgan fingerprint density at radius 2 is 1.91 bits per heavy atom. The summed E-state index contributed by atoms with van der Waals surface area (Å²) in [6, 6.07) is 7.80. The van der Waals surface area contributed by atoms with Crippen LogP contribution >= 0.6 is 34.8 Å². The van der Waals surface area contributed by atoms with E-state index >= 15 is 0 Å². The van der Waals surface area contributed by atoms with Gasteiger partial charge in [0.15, 0.2) is 17.2 Å². The Morgan fingerprint density at radius 3 is 2.61 bits per heavy atom. The van der Waals surface area contributed by atoms with Gasteiger partial charge in [0.1, 0.15) is 10.7 Å². The number of aromatic nitrogens is 5. The van der Waals surface area contributed by atoms with Gasteiger partial charge in [-0.1, -0.05) is 40.9 Å². The second-order valence-corrected chi connectivity index (χ2v) is 8.94. The summed E-state index contributed by atoms with van der Waals surface area (Å²) in [4.78, 5) is 17.2. The van der Waals surface area contributed by atoms with Crippen molar-refractivity contribution in [1.82, 2.24) is 24.4 Å². The molecule has 0 radical (unpaired) electrons. The molecule has 0 saturated heterocycles. The number of nitrogens with one attached hydrogen (secondary N) is 1. The number of fused-ring (bicyclic) bond motifs is 1. The lowest BCUT2D eigenvalue weighted by Gasteiger charge is -2.06. The molecule has 1 saturated carbocycles. The van der Waals surface area contributed by atoms with Gasteiger partial charge in [0.05, 0.1) is 6.54 Å². The van der Waals surface area contributed by atoms with E-state index in [1.807, 2.05) is 0 Å². The van der Waals surface area contributed by atoms with E-state index in [9.17, 15) is 13.6 Å². The number of hydrogen-bond donors (Lipinski definition) is 1. The third-order valence-electron chi connectivity index (χ3n) is 5.22. The van der Waals surface area contributed by atoms with Crippen molar-refractivity contribution in [1.29, 1.82) is 0 Å². The summed E-state index contributed by atoms with van der Waals surface area (Å²) in [6.07, 6.45) is 0.601. The minimum Gasteiger partial charge on any atom is -0.302 e. The molecule has 7 nitrogen and oxygen atoms in total. The van der Waals surface area contributed by atoms with Crippen LogP contribution in [0, 0.1) is 0 Å². The Balaban J connectivity index is 1.39. The molecule has 0 atom stereocenters. The van der Waals surface area contributed by atoms with E-state index in [2.05, 4.69) is 20.5 Å². The van der Waals surface area contributed by atoms with Crippen LogP contribution in [0.3, 0.4) is 0 Å². The van der Waals surface area contributed by atoms with Crippen molar-refractivity contribution in [2.45, 2.75) is 31.7 Å². The predicted molar refractivity (Wildman–Crippen MR) is 121 cm³/mol. The first kappa shape index (κ1) is 22.1. The zero-order valence-electron chi connectivity index (χ0n) is 16.8. The number of alkyl halides is 2. The van der Waals surface area contributed by atoms with Crippen LogP contribution in [0.1, 0.15) is 52.6 Å². The fourth-order valence-electron chi connectivity index (χ4n) is 3.43. The zero-order valence-corrected chi connectivity index (χ0v) is 19.0. The number of halogens is 5. The molecule has 0 spiro atoms. The van der Waals surface area contributed by atoms with E-state index in [0.717, 1.165) is 22.9 Å². The molecule has 0 bridgehead atoms. The van der Waals surface area contributed by atoms with Crippen LogP contribution in [0.2, 0.25) is 15.1 Å². The summed E-state index contributed by atoms with van der Waals surface area (Å²) in [6.45, 7) is 0.297. The maximum atomic E-state index is 13.6. The zero-order chi connectivity index (χ0) is 23.3. The summed E-state index contributed by atoms with van der Waals surface area (Å²) in [5.41, 5.74) is 1.16. The predicted octanol–water partition coefficient (Wildman–Crippen LogP) is 6.00. The fourth-order valence-corrected chi connectivity index (χ4v) is 4.10. The minimum atomic E-state index is -2.76. The van der Waals surface area contributed by atoms with Gasteiger partial charge in [0.25, 0.3) is 12.3 Å². The largest absolute Gasteiger partial charge is 0.302 e. The van der Waals surface area contributed by atoms with Gasteiger partial charge in [0.2, 0.25) is 0 Å². The number of carbonyl (C=O) groups is 1. The molecule has 170 valence electrons. The third-order valence-corrected chi connectivity index (χ3v) is 6.09. The van der Waals surface area contributed by atoms with Gasteiger partial charge in [-0.05, 0) is 36.6 Å². The van der Waals surface area contributed by atoms with Crippen LogP contribution < -0.4 is 5.32 Å². The molecule has 1 aromatic carbocycles. The van der Waals surface area contributed by atoms with Crippen molar-refractivity contribution in [3.8, 4) is 0 Å². The molecule has 1 aliphatic rings. The van der Waals surface area contributed by atoms with Gasteiger partial charge in [-0.15, -0.1) is 0 Å². The maximum Gasteiger partial charge on any atom is 0.280 e. The van der Waals surface area contributed by atoms with E-state index in [1.54, 1.807) is 18.2 Å². The number of amides is 1. The second kappa shape index (κ2) is 8.55. The fraction of sp³-hybridized carbons (Fsp3) is 0.238. The van der Waals surface area contributed by atoms with Crippen LogP contribution in [0.15, 0.2) is 36.5 Å². The molecule has 1 N–H and O–H groups in total. The number of anilines is 1. The van der Waals surface area contributed by atoms with E-state index in [1.165, 1.54) is 23.0 Å². The van der Waals surface area contributed by atoms with Crippen molar-refractivity contribution in [2.75, 3.05) is 5.32 Å². The van der Waals surface area contributed by atoms with Gasteiger partial charge < -0.3 is 5.32 Å². The Kier molecular flexibility index (Phi) is 5.72. The number of benzene rings is 1. The van der Waals surface area contributed by atoms with Crippen LogP contribution in [0.4, 0.5) is 14.6 Å². The normalized spacial score (nSPS) is 13.8. The van der Waals surface area contributed by atoms with Crippen molar-refractivity contribution in [3.05, 3.63) is 74.2 Å². The van der Waals surface area contributed by atoms with Gasteiger partial charge in [-0.25, -0.2) is 18.3 Å². The smallest absolute Gasteiger partial charge is 0.280 e. The average molecular weight is 512 g/mol. The second-order valence-electron chi connectivity index (χ2n) is 7.69. The van der Waals surface area contributed by atoms with Crippen molar-refractivity contribution in [2.24, 2.45) is 0 Å². The first-order chi connectivity index (χ1) is 15.8. The number of carbonyl (C=O) groups excluding carboxylic acids is 1. The molecule has 3 aromatic heterocycles. The molecule has 0 aliphatic heterocycles. The lowest BCUT2D eigenvalue weighted by Crippen LogP contribution is -2.14. The average Bonchev–Trinajstić information content (AvgIpc) is 3.43. The Morgan fingerprint density at radius 1 is 1.12 bits per heavy atom. The molecular formula is C21H15Cl3F2N6O. The maximum absolute atomic E-state index is 13.6. The summed E-state index contributed by atoms with van der Waals surface area (Å²) >= 11 is 18.3. The number of rotatable bonds is 6. The molecule has 1 fully saturated rings. The quantitative estimate of drug-likeness (QED) is 0.344. The van der Waals surface area contributed by atoms with Crippen molar-refractivity contribution < 1.29 is 13.6 Å². The van der Waals surface area contributed by atoms with E-state index < -0.39 is 12.3 Å². The summed E-state index contributed by atoms with van der Waals surface area (Å²) < 4.78 is 29.6. The van der Waals surface area contributed by atoms with Crippen LogP contribution in [-0.2, 0) is 6.54 Å². The molecule has 1 amide bonds. The van der Waals surface area contributed by atoms with Crippen LogP contribution in [0.5, 0.6) is 0 Å². The molecule has 5 rings (SSSR count). The van der Waals surface area contributed by atoms with Crippen molar-refractivity contribution >= 4 is 52.2 Å². The molecule has 33 heavy (non-hydrogen) atoms. The van der Waals surface area contributed by atoms with E-state index in [4.69, 9.17) is 34.8 Å². The Bertz CT molecular complexity index is 1380. The molecular weight excluding hydrogens is 497 g/mol. The Hall–Kier alpha value is -2.75. The van der Waals surface area contributed by atoms with Crippen molar-refractivity contribution in [3.63, 3.8) is 0 Å². The first-order valence-electron chi connectivity index (χ1n) is 9.95. The summed E-state index contributed by atoms with van der Waals surface area (Å²) in [5.74, 6) is -0.369. The summed E-state index contributed by atoms with van der Waals surface area (Å²) in [7, 11) is 0. The molecule has 1 aliphatic carbocycles. The first-order valence-corrected chi connectivity index (χ1v) is 11.1. The molecule has 0 unspecified atom stereocenters. The highest BCUT2D eigenvalue weighted by molar-refractivity contribution is 6.35. The standard InChI is InChI=1S/C21H15Cl3F2N6O/c22-12-4-3-11(13(23)5-12)8-31-9-14(24)20(30-31)28-21(33)16-7-18-27-15(10-1-2-10)6-17(19(25)26)32(18)29-16/h3-7,9-10,19H,1-2,8H2,(H,28,30,33). The van der Waals surface area contributed by atoms with Gasteiger partial charge >= 0.3 is 0 Å². The van der Waals surface area contributed by atoms with Gasteiger partial charge in [0, 0.05) is 33.9 Å². The molecule has 12 heteroatoms. The SMILES string of the molecule is O=C(Nc1nn(Cc2ccc(Cl)cc2Cl)cc1Cl)c1cc2nc(C3CC3)cc(C(F)F)n2n1. The number of nitrogens with zero attached hydrogens (tertiary/aromatic N) is 5. The lowest BCUT2D eigenvalue weighted by atomic mass is 10.2. The highest BCUT2D eigenvalue weighted by Crippen LogP contribution is 2.40. The Labute approximate surface area is 201 Å². The highest BCUT2D eigenvalue weighted by Gasteiger charge is 2.28. The lowest BCUT2D eigenvalue weighted by molar-refractivity contribution is 0.102. The van der Waals surface area contributed by atoms with Gasteiger partial charge in [-0.2, -0.15) is 10.2 Å². The monoisotopic (exact) mass is 510 g/mol. The molecule has 4 aromatic rings. The van der Waals surface area contributed by atoms with Crippen LogP contribution in [0.25, 0.3) is 5.65 Å². The summed E-state index contributed by atoms with van der Waals surface area (Å²) in [5, 5.41) is 12.0.